The summed E-state index contributed by atoms with van der Waals surface area (Å²) in [6.45, 7) is 1.91. The maximum absolute atomic E-state index is 14.1. The lowest BCUT2D eigenvalue weighted by atomic mass is 9.53. The Labute approximate surface area is 174 Å². The number of nitrogens with one attached hydrogen (secondary N) is 1. The Kier molecular flexibility index (Phi) is 4.68. The zero-order valence-electron chi connectivity index (χ0n) is 16.9. The van der Waals surface area contributed by atoms with Crippen LogP contribution in [0.4, 0.5) is 4.39 Å². The van der Waals surface area contributed by atoms with E-state index in [2.05, 4.69) is 15.5 Å². The molecule has 4 saturated carbocycles. The first-order chi connectivity index (χ1) is 13.9. The fraction of sp³-hybridized carbons (Fsp3) is 0.591. The number of hydrogen-bond acceptors (Lipinski definition) is 4. The Morgan fingerprint density at radius 1 is 1.17 bits per heavy atom. The molecule has 4 bridgehead atoms. The monoisotopic (exact) mass is 414 g/mol. The van der Waals surface area contributed by atoms with Crippen LogP contribution in [0.25, 0.3) is 11.4 Å². The Balaban J connectivity index is 1.28. The summed E-state index contributed by atoms with van der Waals surface area (Å²) in [7, 11) is 1.81. The van der Waals surface area contributed by atoms with Crippen LogP contribution in [0.3, 0.4) is 0 Å². The fourth-order valence-corrected chi connectivity index (χ4v) is 6.95. The molecule has 1 aromatic heterocycles. The Morgan fingerprint density at radius 2 is 1.79 bits per heavy atom. The van der Waals surface area contributed by atoms with Gasteiger partial charge >= 0.3 is 0 Å². The first-order valence-corrected chi connectivity index (χ1v) is 11.4. The minimum Gasteiger partial charge on any atom is -0.350 e. The number of nitrogens with zero attached hydrogens (tertiary/aromatic N) is 3. The SMILES string of the molecule is C[C@@H](Sc1nnc(-c2ccccc2F)n1C)C(=O)NC12CC3CC(CC(C3)C1)C2. The van der Waals surface area contributed by atoms with Crippen molar-refractivity contribution in [3.63, 3.8) is 0 Å². The summed E-state index contributed by atoms with van der Waals surface area (Å²) in [6.07, 6.45) is 7.50. The highest BCUT2D eigenvalue weighted by molar-refractivity contribution is 8.00. The number of halogens is 1. The van der Waals surface area contributed by atoms with Gasteiger partial charge in [-0.3, -0.25) is 4.79 Å². The van der Waals surface area contributed by atoms with Crippen LogP contribution in [0.2, 0.25) is 0 Å². The lowest BCUT2D eigenvalue weighted by molar-refractivity contribution is -0.126. The van der Waals surface area contributed by atoms with E-state index in [1.54, 1.807) is 22.8 Å². The molecule has 0 spiro atoms. The first-order valence-electron chi connectivity index (χ1n) is 10.6. The van der Waals surface area contributed by atoms with E-state index in [4.69, 9.17) is 0 Å². The summed E-state index contributed by atoms with van der Waals surface area (Å²) in [6, 6.07) is 6.54. The second-order valence-corrected chi connectivity index (χ2v) is 10.6. The molecule has 1 aromatic carbocycles. The van der Waals surface area contributed by atoms with Gasteiger partial charge in [0, 0.05) is 12.6 Å². The van der Waals surface area contributed by atoms with Crippen LogP contribution < -0.4 is 5.32 Å². The van der Waals surface area contributed by atoms with Crippen LogP contribution in [0.1, 0.15) is 45.4 Å². The molecule has 4 aliphatic carbocycles. The summed E-state index contributed by atoms with van der Waals surface area (Å²) >= 11 is 1.38. The molecule has 1 atom stereocenters. The van der Waals surface area contributed by atoms with Gasteiger partial charge in [-0.15, -0.1) is 10.2 Å². The predicted octanol–water partition coefficient (Wildman–Crippen LogP) is 4.19. The van der Waals surface area contributed by atoms with Gasteiger partial charge < -0.3 is 9.88 Å². The van der Waals surface area contributed by atoms with E-state index in [1.807, 2.05) is 14.0 Å². The largest absolute Gasteiger partial charge is 0.350 e. The molecule has 7 heteroatoms. The molecule has 0 unspecified atom stereocenters. The quantitative estimate of drug-likeness (QED) is 0.746. The van der Waals surface area contributed by atoms with E-state index in [0.717, 1.165) is 37.0 Å². The second-order valence-electron chi connectivity index (χ2n) is 9.29. The van der Waals surface area contributed by atoms with Crippen LogP contribution in [0.15, 0.2) is 29.4 Å². The van der Waals surface area contributed by atoms with Gasteiger partial charge in [-0.1, -0.05) is 23.9 Å². The second kappa shape index (κ2) is 7.11. The molecule has 2 aromatic rings. The molecule has 29 heavy (non-hydrogen) atoms. The topological polar surface area (TPSA) is 59.8 Å². The van der Waals surface area contributed by atoms with Crippen molar-refractivity contribution in [3.05, 3.63) is 30.1 Å². The van der Waals surface area contributed by atoms with Gasteiger partial charge in [0.25, 0.3) is 0 Å². The van der Waals surface area contributed by atoms with Gasteiger partial charge in [0.1, 0.15) is 5.82 Å². The van der Waals surface area contributed by atoms with Crippen molar-refractivity contribution in [2.45, 2.75) is 61.4 Å². The maximum atomic E-state index is 14.1. The average molecular weight is 415 g/mol. The number of benzene rings is 1. The van der Waals surface area contributed by atoms with Crippen LogP contribution >= 0.6 is 11.8 Å². The predicted molar refractivity (Wildman–Crippen MR) is 111 cm³/mol. The molecule has 1 N–H and O–H groups in total. The van der Waals surface area contributed by atoms with Crippen LogP contribution in [0.5, 0.6) is 0 Å². The summed E-state index contributed by atoms with van der Waals surface area (Å²) < 4.78 is 15.9. The van der Waals surface area contributed by atoms with Gasteiger partial charge in [-0.05, 0) is 75.3 Å². The third kappa shape index (κ3) is 3.47. The standard InChI is InChI=1S/C22H27FN4OS/c1-13(20(28)24-22-10-14-7-15(11-22)9-16(8-14)12-22)29-21-26-25-19(27(21)2)17-5-3-4-6-18(17)23/h3-6,13-16H,7-12H2,1-2H3,(H,24,28)/t13-,14?,15?,16?,22?/m1/s1. The van der Waals surface area contributed by atoms with Gasteiger partial charge in [0.2, 0.25) is 5.91 Å². The van der Waals surface area contributed by atoms with E-state index < -0.39 is 0 Å². The summed E-state index contributed by atoms with van der Waals surface area (Å²) in [5.41, 5.74) is 0.429. The summed E-state index contributed by atoms with van der Waals surface area (Å²) in [4.78, 5) is 13.0. The number of carbonyl (C=O) groups excluding carboxylic acids is 1. The van der Waals surface area contributed by atoms with Crippen molar-refractivity contribution in [2.24, 2.45) is 24.8 Å². The lowest BCUT2D eigenvalue weighted by Gasteiger charge is -2.57. The smallest absolute Gasteiger partial charge is 0.233 e. The van der Waals surface area contributed by atoms with E-state index in [9.17, 15) is 9.18 Å². The molecule has 1 amide bonds. The van der Waals surface area contributed by atoms with Gasteiger partial charge in [0.05, 0.1) is 10.8 Å². The van der Waals surface area contributed by atoms with Crippen molar-refractivity contribution < 1.29 is 9.18 Å². The van der Waals surface area contributed by atoms with E-state index in [1.165, 1.54) is 37.1 Å². The molecule has 1 heterocycles. The molecule has 6 rings (SSSR count). The van der Waals surface area contributed by atoms with Crippen molar-refractivity contribution in [3.8, 4) is 11.4 Å². The van der Waals surface area contributed by atoms with Gasteiger partial charge in [-0.2, -0.15) is 0 Å². The van der Waals surface area contributed by atoms with Crippen molar-refractivity contribution >= 4 is 17.7 Å². The Morgan fingerprint density at radius 3 is 2.41 bits per heavy atom. The van der Waals surface area contributed by atoms with Crippen LogP contribution in [0, 0.1) is 23.6 Å². The van der Waals surface area contributed by atoms with E-state index in [0.29, 0.717) is 16.5 Å². The lowest BCUT2D eigenvalue weighted by Crippen LogP contribution is -2.60. The minimum absolute atomic E-state index is 0.0128. The van der Waals surface area contributed by atoms with Gasteiger partial charge in [0.15, 0.2) is 11.0 Å². The molecule has 0 aliphatic heterocycles. The third-order valence-corrected chi connectivity index (χ3v) is 8.16. The molecule has 154 valence electrons. The zero-order valence-corrected chi connectivity index (χ0v) is 17.7. The minimum atomic E-state index is -0.327. The summed E-state index contributed by atoms with van der Waals surface area (Å²) in [5.74, 6) is 2.61. The molecular weight excluding hydrogens is 387 g/mol. The highest BCUT2D eigenvalue weighted by atomic mass is 32.2. The Hall–Kier alpha value is -1.89. The van der Waals surface area contributed by atoms with E-state index in [-0.39, 0.29) is 22.5 Å². The highest BCUT2D eigenvalue weighted by Gasteiger charge is 2.51. The number of carbonyl (C=O) groups is 1. The van der Waals surface area contributed by atoms with Crippen molar-refractivity contribution in [1.29, 1.82) is 0 Å². The maximum Gasteiger partial charge on any atom is 0.233 e. The van der Waals surface area contributed by atoms with Gasteiger partial charge in [-0.25, -0.2) is 4.39 Å². The fourth-order valence-electron chi connectivity index (χ4n) is 6.13. The number of hydrogen-bond donors (Lipinski definition) is 1. The third-order valence-electron chi connectivity index (χ3n) is 7.03. The van der Waals surface area contributed by atoms with Crippen molar-refractivity contribution in [1.82, 2.24) is 20.1 Å². The van der Waals surface area contributed by atoms with E-state index >= 15 is 0 Å². The molecule has 0 radical (unpaired) electrons. The van der Waals surface area contributed by atoms with Crippen LogP contribution in [-0.2, 0) is 11.8 Å². The number of aromatic nitrogens is 3. The van der Waals surface area contributed by atoms with Crippen LogP contribution in [-0.4, -0.2) is 31.5 Å². The first kappa shape index (κ1) is 19.1. The normalized spacial score (nSPS) is 31.1. The highest BCUT2D eigenvalue weighted by Crippen LogP contribution is 2.55. The molecule has 0 saturated heterocycles. The molecule has 4 aliphatic rings. The zero-order chi connectivity index (χ0) is 20.2. The number of thioether (sulfide) groups is 1. The molecule has 5 nitrogen and oxygen atoms in total. The Bertz CT molecular complexity index is 907. The average Bonchev–Trinajstić information content (AvgIpc) is 3.01. The molecule has 4 fully saturated rings. The number of rotatable bonds is 5. The molecular formula is C22H27FN4OS. The summed E-state index contributed by atoms with van der Waals surface area (Å²) in [5, 5.41) is 12.1. The van der Waals surface area contributed by atoms with Crippen molar-refractivity contribution in [2.75, 3.05) is 0 Å². The number of amides is 1.